The fourth-order valence-electron chi connectivity index (χ4n) is 1.64. The van der Waals surface area contributed by atoms with Crippen molar-refractivity contribution in [2.75, 3.05) is 5.32 Å². The minimum Gasteiger partial charge on any atom is -0.309 e. The van der Waals surface area contributed by atoms with Crippen molar-refractivity contribution in [3.63, 3.8) is 0 Å². The second kappa shape index (κ2) is 3.82. The topological polar surface area (TPSA) is 57.8 Å². The zero-order chi connectivity index (χ0) is 9.97. The van der Waals surface area contributed by atoms with Crippen molar-refractivity contribution in [2.24, 2.45) is 5.92 Å². The fourth-order valence-corrected chi connectivity index (χ4v) is 1.64. The molecule has 4 nitrogen and oxygen atoms in total. The molecule has 4 heteroatoms. The molecule has 1 heterocycles. The van der Waals surface area contributed by atoms with Crippen LogP contribution in [-0.2, 0) is 4.79 Å². The molecule has 0 bridgehead atoms. The van der Waals surface area contributed by atoms with E-state index in [1.165, 1.54) is 19.3 Å². The number of aryl methyl sites for hydroxylation is 1. The van der Waals surface area contributed by atoms with Crippen molar-refractivity contribution in [3.8, 4) is 0 Å². The molecular formula is C10H15N3O. The number of nitrogens with one attached hydrogen (secondary N) is 2. The molecule has 1 fully saturated rings. The largest absolute Gasteiger partial charge is 0.309 e. The average Bonchev–Trinajstić information content (AvgIpc) is 2.44. The van der Waals surface area contributed by atoms with Crippen molar-refractivity contribution in [3.05, 3.63) is 11.8 Å². The Morgan fingerprint density at radius 1 is 1.71 bits per heavy atom. The Morgan fingerprint density at radius 3 is 3.00 bits per heavy atom. The Labute approximate surface area is 83.1 Å². The zero-order valence-corrected chi connectivity index (χ0v) is 8.34. The Kier molecular flexibility index (Phi) is 2.52. The minimum atomic E-state index is 0.0844. The summed E-state index contributed by atoms with van der Waals surface area (Å²) in [5.41, 5.74) is 0.962. The number of amides is 1. The van der Waals surface area contributed by atoms with Crippen LogP contribution in [-0.4, -0.2) is 16.1 Å². The summed E-state index contributed by atoms with van der Waals surface area (Å²) in [4.78, 5) is 11.5. The van der Waals surface area contributed by atoms with E-state index in [2.05, 4.69) is 15.5 Å². The molecule has 1 aromatic rings. The molecule has 0 radical (unpaired) electrons. The number of hydrogen-bond acceptors (Lipinski definition) is 2. The van der Waals surface area contributed by atoms with Crippen LogP contribution < -0.4 is 5.32 Å². The van der Waals surface area contributed by atoms with Crippen LogP contribution in [0.15, 0.2) is 6.07 Å². The van der Waals surface area contributed by atoms with Crippen LogP contribution in [0.4, 0.5) is 5.82 Å². The Morgan fingerprint density at radius 2 is 2.50 bits per heavy atom. The number of rotatable bonds is 3. The van der Waals surface area contributed by atoms with Crippen LogP contribution >= 0.6 is 0 Å². The van der Waals surface area contributed by atoms with Crippen molar-refractivity contribution >= 4 is 11.7 Å². The SMILES string of the molecule is Cc1cc(NC(=O)CC2CCC2)n[nH]1. The Hall–Kier alpha value is -1.32. The number of hydrogen-bond donors (Lipinski definition) is 2. The molecule has 2 rings (SSSR count). The quantitative estimate of drug-likeness (QED) is 0.769. The summed E-state index contributed by atoms with van der Waals surface area (Å²) < 4.78 is 0. The maximum atomic E-state index is 11.5. The minimum absolute atomic E-state index is 0.0844. The van der Waals surface area contributed by atoms with Crippen molar-refractivity contribution < 1.29 is 4.79 Å². The number of nitrogens with zero attached hydrogens (tertiary/aromatic N) is 1. The van der Waals surface area contributed by atoms with E-state index >= 15 is 0 Å². The first-order chi connectivity index (χ1) is 6.74. The summed E-state index contributed by atoms with van der Waals surface area (Å²) in [6, 6.07) is 1.83. The molecule has 0 aliphatic heterocycles. The molecule has 0 atom stereocenters. The lowest BCUT2D eigenvalue weighted by atomic mass is 9.83. The summed E-state index contributed by atoms with van der Waals surface area (Å²) in [5, 5.41) is 9.52. The van der Waals surface area contributed by atoms with Crippen LogP contribution in [0.3, 0.4) is 0 Å². The number of H-pyrrole nitrogens is 1. The number of carbonyl (C=O) groups excluding carboxylic acids is 1. The Bertz CT molecular complexity index is 328. The smallest absolute Gasteiger partial charge is 0.225 e. The monoisotopic (exact) mass is 193 g/mol. The molecule has 1 aliphatic carbocycles. The van der Waals surface area contributed by atoms with Gasteiger partial charge in [0.05, 0.1) is 0 Å². The van der Waals surface area contributed by atoms with Gasteiger partial charge in [0, 0.05) is 18.2 Å². The summed E-state index contributed by atoms with van der Waals surface area (Å²) in [6.07, 6.45) is 4.32. The van der Waals surface area contributed by atoms with Crippen LogP contribution in [0.2, 0.25) is 0 Å². The highest BCUT2D eigenvalue weighted by atomic mass is 16.1. The van der Waals surface area contributed by atoms with Gasteiger partial charge in [-0.25, -0.2) is 0 Å². The molecule has 1 aliphatic rings. The van der Waals surface area contributed by atoms with Gasteiger partial charge in [0.25, 0.3) is 0 Å². The lowest BCUT2D eigenvalue weighted by Gasteiger charge is -2.24. The number of carbonyl (C=O) groups is 1. The maximum Gasteiger partial charge on any atom is 0.225 e. The molecule has 76 valence electrons. The molecule has 1 aromatic heterocycles. The number of anilines is 1. The summed E-state index contributed by atoms with van der Waals surface area (Å²) in [7, 11) is 0. The first-order valence-corrected chi connectivity index (χ1v) is 5.06. The lowest BCUT2D eigenvalue weighted by molar-refractivity contribution is -0.117. The van der Waals surface area contributed by atoms with E-state index in [1.807, 2.05) is 13.0 Å². The normalized spacial score (nSPS) is 16.4. The first kappa shape index (κ1) is 9.24. The third kappa shape index (κ3) is 2.13. The molecule has 1 saturated carbocycles. The van der Waals surface area contributed by atoms with Crippen LogP contribution in [0.5, 0.6) is 0 Å². The second-order valence-corrected chi connectivity index (χ2v) is 3.99. The third-order valence-electron chi connectivity index (χ3n) is 2.67. The van der Waals surface area contributed by atoms with Crippen molar-refractivity contribution in [2.45, 2.75) is 32.6 Å². The van der Waals surface area contributed by atoms with E-state index in [1.54, 1.807) is 0 Å². The summed E-state index contributed by atoms with van der Waals surface area (Å²) >= 11 is 0. The van der Waals surface area contributed by atoms with Gasteiger partial charge in [-0.3, -0.25) is 9.89 Å². The van der Waals surface area contributed by atoms with Crippen molar-refractivity contribution in [1.29, 1.82) is 0 Å². The molecule has 0 aromatic carbocycles. The van der Waals surface area contributed by atoms with E-state index in [9.17, 15) is 4.79 Å². The standard InChI is InChI=1S/C10H15N3O/c1-7-5-9(13-12-7)11-10(14)6-8-3-2-4-8/h5,8H,2-4,6H2,1H3,(H2,11,12,13,14). The molecular weight excluding hydrogens is 178 g/mol. The van der Waals surface area contributed by atoms with Crippen LogP contribution in [0, 0.1) is 12.8 Å². The number of aromatic amines is 1. The fraction of sp³-hybridized carbons (Fsp3) is 0.600. The zero-order valence-electron chi connectivity index (χ0n) is 8.34. The summed E-state index contributed by atoms with van der Waals surface area (Å²) in [5.74, 6) is 1.32. The van der Waals surface area contributed by atoms with Gasteiger partial charge >= 0.3 is 0 Å². The maximum absolute atomic E-state index is 11.5. The van der Waals surface area contributed by atoms with E-state index in [0.717, 1.165) is 5.69 Å². The van der Waals surface area contributed by atoms with Crippen LogP contribution in [0.25, 0.3) is 0 Å². The highest BCUT2D eigenvalue weighted by Crippen LogP contribution is 2.29. The van der Waals surface area contributed by atoms with Gasteiger partial charge in [0.15, 0.2) is 5.82 Å². The van der Waals surface area contributed by atoms with Gasteiger partial charge in [-0.1, -0.05) is 6.42 Å². The lowest BCUT2D eigenvalue weighted by Crippen LogP contribution is -2.20. The summed E-state index contributed by atoms with van der Waals surface area (Å²) in [6.45, 7) is 1.91. The predicted octanol–water partition coefficient (Wildman–Crippen LogP) is 1.85. The molecule has 0 unspecified atom stereocenters. The van der Waals surface area contributed by atoms with E-state index in [-0.39, 0.29) is 5.91 Å². The molecule has 14 heavy (non-hydrogen) atoms. The molecule has 2 N–H and O–H groups in total. The first-order valence-electron chi connectivity index (χ1n) is 5.06. The van der Waals surface area contributed by atoms with Gasteiger partial charge in [0.2, 0.25) is 5.91 Å². The van der Waals surface area contributed by atoms with Crippen LogP contribution in [0.1, 0.15) is 31.4 Å². The molecule has 0 saturated heterocycles. The van der Waals surface area contributed by atoms with Gasteiger partial charge < -0.3 is 5.32 Å². The Balaban J connectivity index is 1.81. The highest BCUT2D eigenvalue weighted by molar-refractivity contribution is 5.89. The van der Waals surface area contributed by atoms with E-state index in [0.29, 0.717) is 18.2 Å². The van der Waals surface area contributed by atoms with E-state index in [4.69, 9.17) is 0 Å². The van der Waals surface area contributed by atoms with E-state index < -0.39 is 0 Å². The van der Waals surface area contributed by atoms with Gasteiger partial charge in [-0.05, 0) is 25.7 Å². The predicted molar refractivity (Wildman–Crippen MR) is 53.9 cm³/mol. The van der Waals surface area contributed by atoms with Crippen molar-refractivity contribution in [1.82, 2.24) is 10.2 Å². The molecule has 1 amide bonds. The second-order valence-electron chi connectivity index (χ2n) is 3.99. The highest BCUT2D eigenvalue weighted by Gasteiger charge is 2.20. The van der Waals surface area contributed by atoms with Gasteiger partial charge in [-0.15, -0.1) is 0 Å². The van der Waals surface area contributed by atoms with Gasteiger partial charge in [0.1, 0.15) is 0 Å². The third-order valence-corrected chi connectivity index (χ3v) is 2.67. The number of aromatic nitrogens is 2. The van der Waals surface area contributed by atoms with Gasteiger partial charge in [-0.2, -0.15) is 5.10 Å². The molecule has 0 spiro atoms. The average molecular weight is 193 g/mol.